The van der Waals surface area contributed by atoms with Crippen LogP contribution in [0.3, 0.4) is 0 Å². The third kappa shape index (κ3) is 4.16. The van der Waals surface area contributed by atoms with Gasteiger partial charge in [0.2, 0.25) is 0 Å². The number of hydrogen-bond acceptors (Lipinski definition) is 4. The van der Waals surface area contributed by atoms with E-state index >= 15 is 0 Å². The molecule has 1 amide bonds. The summed E-state index contributed by atoms with van der Waals surface area (Å²) in [6, 6.07) is 7.65. The third-order valence-corrected chi connectivity index (χ3v) is 3.48. The average Bonchev–Trinajstić information content (AvgIpc) is 2.54. The van der Waals surface area contributed by atoms with Crippen LogP contribution in [-0.2, 0) is 6.42 Å². The number of benzene rings is 1. The van der Waals surface area contributed by atoms with Gasteiger partial charge in [-0.05, 0) is 31.4 Å². The molecule has 0 bridgehead atoms. The predicted octanol–water partition coefficient (Wildman–Crippen LogP) is 3.51. The highest BCUT2D eigenvalue weighted by Gasteiger charge is 2.13. The summed E-state index contributed by atoms with van der Waals surface area (Å²) in [5.41, 5.74) is 3.34. The zero-order chi connectivity index (χ0) is 16.8. The van der Waals surface area contributed by atoms with Crippen molar-refractivity contribution in [1.29, 1.82) is 0 Å². The SMILES string of the molecule is C=CCNc1cc(C(=O)Nc2c(C)cccc2CC)nc(C)n1. The molecule has 5 nitrogen and oxygen atoms in total. The Hall–Kier alpha value is -2.69. The Morgan fingerprint density at radius 2 is 2.09 bits per heavy atom. The maximum Gasteiger partial charge on any atom is 0.274 e. The standard InChI is InChI=1S/C18H22N4O/c1-5-10-19-16-11-15(20-13(4)21-16)18(23)22-17-12(3)8-7-9-14(17)6-2/h5,7-9,11H,1,6,10H2,2-4H3,(H,22,23)(H,19,20,21). The summed E-state index contributed by atoms with van der Waals surface area (Å²) in [5, 5.41) is 6.06. The minimum Gasteiger partial charge on any atom is -0.366 e. The second-order valence-electron chi connectivity index (χ2n) is 5.27. The Morgan fingerprint density at radius 1 is 1.30 bits per heavy atom. The van der Waals surface area contributed by atoms with E-state index in [9.17, 15) is 4.79 Å². The van der Waals surface area contributed by atoms with Crippen molar-refractivity contribution in [2.45, 2.75) is 27.2 Å². The van der Waals surface area contributed by atoms with Crippen LogP contribution in [0.1, 0.15) is 34.4 Å². The van der Waals surface area contributed by atoms with E-state index in [-0.39, 0.29) is 5.91 Å². The molecule has 0 fully saturated rings. The second kappa shape index (κ2) is 7.54. The van der Waals surface area contributed by atoms with Crippen LogP contribution in [0, 0.1) is 13.8 Å². The summed E-state index contributed by atoms with van der Waals surface area (Å²) >= 11 is 0. The molecule has 0 saturated carbocycles. The molecule has 0 saturated heterocycles. The molecule has 1 aromatic carbocycles. The topological polar surface area (TPSA) is 66.9 Å². The van der Waals surface area contributed by atoms with Crippen molar-refractivity contribution in [3.05, 3.63) is 59.6 Å². The molecule has 2 N–H and O–H groups in total. The Balaban J connectivity index is 2.27. The van der Waals surface area contributed by atoms with Gasteiger partial charge in [0.05, 0.1) is 0 Å². The summed E-state index contributed by atoms with van der Waals surface area (Å²) in [4.78, 5) is 21.1. The van der Waals surface area contributed by atoms with Crippen molar-refractivity contribution in [3.63, 3.8) is 0 Å². The van der Waals surface area contributed by atoms with Crippen LogP contribution in [0.2, 0.25) is 0 Å². The normalized spacial score (nSPS) is 10.2. The fourth-order valence-electron chi connectivity index (χ4n) is 2.33. The van der Waals surface area contributed by atoms with Crippen LogP contribution in [0.25, 0.3) is 0 Å². The molecular weight excluding hydrogens is 288 g/mol. The fourth-order valence-corrected chi connectivity index (χ4v) is 2.33. The Kier molecular flexibility index (Phi) is 5.46. The monoisotopic (exact) mass is 310 g/mol. The minimum atomic E-state index is -0.235. The van der Waals surface area contributed by atoms with Gasteiger partial charge < -0.3 is 10.6 Å². The first-order valence-electron chi connectivity index (χ1n) is 7.65. The van der Waals surface area contributed by atoms with E-state index in [2.05, 4.69) is 34.1 Å². The van der Waals surface area contributed by atoms with Gasteiger partial charge in [-0.3, -0.25) is 4.79 Å². The number of anilines is 2. The summed E-state index contributed by atoms with van der Waals surface area (Å²) in [6.07, 6.45) is 2.59. The first kappa shape index (κ1) is 16.7. The summed E-state index contributed by atoms with van der Waals surface area (Å²) < 4.78 is 0. The maximum atomic E-state index is 12.6. The number of amides is 1. The molecule has 0 aliphatic carbocycles. The van der Waals surface area contributed by atoms with Crippen molar-refractivity contribution in [2.24, 2.45) is 0 Å². The summed E-state index contributed by atoms with van der Waals surface area (Å²) in [7, 11) is 0. The number of carbonyl (C=O) groups excluding carboxylic acids is 1. The highest BCUT2D eigenvalue weighted by Crippen LogP contribution is 2.22. The maximum absolute atomic E-state index is 12.6. The van der Waals surface area contributed by atoms with Crippen molar-refractivity contribution in [1.82, 2.24) is 9.97 Å². The highest BCUT2D eigenvalue weighted by molar-refractivity contribution is 6.04. The molecule has 5 heteroatoms. The van der Waals surface area contributed by atoms with E-state index in [1.165, 1.54) is 0 Å². The second-order valence-corrected chi connectivity index (χ2v) is 5.27. The first-order chi connectivity index (χ1) is 11.0. The van der Waals surface area contributed by atoms with Gasteiger partial charge >= 0.3 is 0 Å². The van der Waals surface area contributed by atoms with Gasteiger partial charge in [-0.1, -0.05) is 31.2 Å². The molecule has 120 valence electrons. The lowest BCUT2D eigenvalue weighted by molar-refractivity contribution is 0.102. The zero-order valence-electron chi connectivity index (χ0n) is 13.8. The Labute approximate surface area is 136 Å². The molecule has 0 aliphatic rings. The number of hydrogen-bond donors (Lipinski definition) is 2. The average molecular weight is 310 g/mol. The number of carbonyl (C=O) groups is 1. The molecule has 2 aromatic rings. The lowest BCUT2D eigenvalue weighted by Gasteiger charge is -2.13. The van der Waals surface area contributed by atoms with Gasteiger partial charge in [0.1, 0.15) is 17.3 Å². The van der Waals surface area contributed by atoms with Gasteiger partial charge in [0, 0.05) is 18.3 Å². The molecule has 0 atom stereocenters. The van der Waals surface area contributed by atoms with Gasteiger partial charge in [-0.2, -0.15) is 0 Å². The van der Waals surface area contributed by atoms with Crippen molar-refractivity contribution < 1.29 is 4.79 Å². The quantitative estimate of drug-likeness (QED) is 0.801. The number of aryl methyl sites for hydroxylation is 3. The molecule has 1 heterocycles. The lowest BCUT2D eigenvalue weighted by atomic mass is 10.1. The van der Waals surface area contributed by atoms with Crippen LogP contribution in [0.4, 0.5) is 11.5 Å². The van der Waals surface area contributed by atoms with E-state index in [1.54, 1.807) is 19.1 Å². The van der Waals surface area contributed by atoms with Crippen LogP contribution in [-0.4, -0.2) is 22.4 Å². The lowest BCUT2D eigenvalue weighted by Crippen LogP contribution is -2.17. The smallest absolute Gasteiger partial charge is 0.274 e. The summed E-state index contributed by atoms with van der Waals surface area (Å²) in [6.45, 7) is 10.0. The molecular formula is C18H22N4O. The fraction of sp³-hybridized carbons (Fsp3) is 0.278. The number of aromatic nitrogens is 2. The van der Waals surface area contributed by atoms with Crippen LogP contribution in [0.5, 0.6) is 0 Å². The van der Waals surface area contributed by atoms with Crippen LogP contribution in [0.15, 0.2) is 36.9 Å². The van der Waals surface area contributed by atoms with E-state index in [0.29, 0.717) is 23.9 Å². The Morgan fingerprint density at radius 3 is 2.78 bits per heavy atom. The largest absolute Gasteiger partial charge is 0.366 e. The van der Waals surface area contributed by atoms with Gasteiger partial charge in [-0.15, -0.1) is 6.58 Å². The van der Waals surface area contributed by atoms with E-state index in [1.807, 2.05) is 25.1 Å². The number of para-hydroxylation sites is 1. The van der Waals surface area contributed by atoms with Gasteiger partial charge in [-0.25, -0.2) is 9.97 Å². The van der Waals surface area contributed by atoms with Crippen molar-refractivity contribution >= 4 is 17.4 Å². The van der Waals surface area contributed by atoms with Crippen LogP contribution >= 0.6 is 0 Å². The highest BCUT2D eigenvalue weighted by atomic mass is 16.1. The molecule has 0 radical (unpaired) electrons. The van der Waals surface area contributed by atoms with Crippen molar-refractivity contribution in [3.8, 4) is 0 Å². The number of nitrogens with one attached hydrogen (secondary N) is 2. The molecule has 0 spiro atoms. The van der Waals surface area contributed by atoms with Crippen LogP contribution < -0.4 is 10.6 Å². The zero-order valence-corrected chi connectivity index (χ0v) is 13.8. The van der Waals surface area contributed by atoms with E-state index in [4.69, 9.17) is 0 Å². The molecule has 0 aliphatic heterocycles. The molecule has 23 heavy (non-hydrogen) atoms. The molecule has 2 rings (SSSR count). The molecule has 1 aromatic heterocycles. The van der Waals surface area contributed by atoms with Crippen molar-refractivity contribution in [2.75, 3.05) is 17.2 Å². The number of nitrogens with zero attached hydrogens (tertiary/aromatic N) is 2. The Bertz CT molecular complexity index is 725. The van der Waals surface area contributed by atoms with E-state index in [0.717, 1.165) is 23.2 Å². The predicted molar refractivity (Wildman–Crippen MR) is 94.0 cm³/mol. The van der Waals surface area contributed by atoms with Gasteiger partial charge in [0.25, 0.3) is 5.91 Å². The third-order valence-electron chi connectivity index (χ3n) is 3.48. The first-order valence-corrected chi connectivity index (χ1v) is 7.65. The van der Waals surface area contributed by atoms with Gasteiger partial charge in [0.15, 0.2) is 0 Å². The molecule has 0 unspecified atom stereocenters. The van der Waals surface area contributed by atoms with E-state index < -0.39 is 0 Å². The minimum absolute atomic E-state index is 0.235. The summed E-state index contributed by atoms with van der Waals surface area (Å²) in [5.74, 6) is 0.925. The number of rotatable bonds is 6.